The summed E-state index contributed by atoms with van der Waals surface area (Å²) in [5.41, 5.74) is 3.56. The molecule has 1 fully saturated rings. The highest BCUT2D eigenvalue weighted by molar-refractivity contribution is 5.61. The Bertz CT molecular complexity index is 547. The zero-order chi connectivity index (χ0) is 14.5. The largest absolute Gasteiger partial charge is 0.312 e. The number of rotatable bonds is 5. The van der Waals surface area contributed by atoms with E-state index in [0.717, 1.165) is 17.7 Å². The van der Waals surface area contributed by atoms with Crippen LogP contribution in [0.4, 0.5) is 0 Å². The van der Waals surface area contributed by atoms with Gasteiger partial charge < -0.3 is 10.2 Å². The van der Waals surface area contributed by atoms with Crippen LogP contribution in [0, 0.1) is 0 Å². The van der Waals surface area contributed by atoms with Gasteiger partial charge >= 0.3 is 0 Å². The highest BCUT2D eigenvalue weighted by Gasteiger charge is 2.17. The van der Waals surface area contributed by atoms with E-state index in [1.54, 1.807) is 6.33 Å². The lowest BCUT2D eigenvalue weighted by Crippen LogP contribution is -2.31. The van der Waals surface area contributed by atoms with Crippen LogP contribution in [0.3, 0.4) is 0 Å². The van der Waals surface area contributed by atoms with Gasteiger partial charge in [0.25, 0.3) is 0 Å². The van der Waals surface area contributed by atoms with Gasteiger partial charge in [-0.15, -0.1) is 0 Å². The molecular weight excluding hydrogens is 260 g/mol. The summed E-state index contributed by atoms with van der Waals surface area (Å²) >= 11 is 0. The van der Waals surface area contributed by atoms with Gasteiger partial charge in [-0.1, -0.05) is 24.3 Å². The third-order valence-electron chi connectivity index (χ3n) is 4.19. The fourth-order valence-corrected chi connectivity index (χ4v) is 2.94. The summed E-state index contributed by atoms with van der Waals surface area (Å²) in [5.74, 6) is 0. The van der Waals surface area contributed by atoms with Crippen molar-refractivity contribution in [1.82, 2.24) is 20.2 Å². The summed E-state index contributed by atoms with van der Waals surface area (Å²) in [7, 11) is 2.04. The van der Waals surface area contributed by atoms with Gasteiger partial charge in [0.2, 0.25) is 0 Å². The first-order valence-electron chi connectivity index (χ1n) is 7.62. The van der Waals surface area contributed by atoms with Crippen LogP contribution in [-0.2, 0) is 0 Å². The molecule has 4 heteroatoms. The van der Waals surface area contributed by atoms with E-state index < -0.39 is 0 Å². The monoisotopic (exact) mass is 282 g/mol. The Morgan fingerprint density at radius 2 is 1.71 bits per heavy atom. The Balaban J connectivity index is 1.72. The average molecular weight is 282 g/mol. The van der Waals surface area contributed by atoms with Gasteiger partial charge in [0.15, 0.2) is 0 Å². The Labute approximate surface area is 126 Å². The fraction of sp³-hybridized carbons (Fsp3) is 0.412. The van der Waals surface area contributed by atoms with E-state index >= 15 is 0 Å². The van der Waals surface area contributed by atoms with Crippen LogP contribution in [0.15, 0.2) is 43.0 Å². The van der Waals surface area contributed by atoms with E-state index in [-0.39, 0.29) is 0 Å². The number of hydrogen-bond donors (Lipinski definition) is 1. The van der Waals surface area contributed by atoms with Crippen molar-refractivity contribution in [3.8, 4) is 11.1 Å². The second-order valence-corrected chi connectivity index (χ2v) is 5.60. The minimum Gasteiger partial charge on any atom is -0.312 e. The van der Waals surface area contributed by atoms with Gasteiger partial charge in [0.1, 0.15) is 6.33 Å². The minimum absolute atomic E-state index is 0.393. The topological polar surface area (TPSA) is 41.0 Å². The van der Waals surface area contributed by atoms with Gasteiger partial charge in [-0.2, -0.15) is 0 Å². The molecule has 0 saturated carbocycles. The molecule has 110 valence electrons. The summed E-state index contributed by atoms with van der Waals surface area (Å²) in [6.07, 6.45) is 7.93. The normalized spacial score (nSPS) is 17.0. The average Bonchev–Trinajstić information content (AvgIpc) is 3.07. The molecule has 1 aliphatic heterocycles. The van der Waals surface area contributed by atoms with Crippen molar-refractivity contribution in [3.05, 3.63) is 48.5 Å². The van der Waals surface area contributed by atoms with Crippen LogP contribution in [0.25, 0.3) is 11.1 Å². The molecule has 1 unspecified atom stereocenters. The van der Waals surface area contributed by atoms with Gasteiger partial charge in [0, 0.05) is 30.5 Å². The molecule has 0 aliphatic carbocycles. The summed E-state index contributed by atoms with van der Waals surface area (Å²) in [5, 5.41) is 3.44. The zero-order valence-corrected chi connectivity index (χ0v) is 12.5. The number of benzene rings is 1. The van der Waals surface area contributed by atoms with E-state index in [9.17, 15) is 0 Å². The highest BCUT2D eigenvalue weighted by Crippen LogP contribution is 2.22. The molecule has 2 heterocycles. The summed E-state index contributed by atoms with van der Waals surface area (Å²) < 4.78 is 0. The van der Waals surface area contributed by atoms with Crippen LogP contribution in [-0.4, -0.2) is 41.5 Å². The van der Waals surface area contributed by atoms with Crippen molar-refractivity contribution >= 4 is 0 Å². The molecule has 0 radical (unpaired) electrons. The lowest BCUT2D eigenvalue weighted by molar-refractivity contribution is 0.299. The van der Waals surface area contributed by atoms with Crippen molar-refractivity contribution in [2.75, 3.05) is 26.7 Å². The van der Waals surface area contributed by atoms with Crippen LogP contribution in [0.2, 0.25) is 0 Å². The third kappa shape index (κ3) is 3.46. The lowest BCUT2D eigenvalue weighted by atomic mass is 10.0. The van der Waals surface area contributed by atoms with E-state index in [0.29, 0.717) is 6.04 Å². The quantitative estimate of drug-likeness (QED) is 0.915. The molecule has 1 aliphatic rings. The second kappa shape index (κ2) is 6.78. The van der Waals surface area contributed by atoms with Gasteiger partial charge in [-0.3, -0.25) is 0 Å². The van der Waals surface area contributed by atoms with Crippen LogP contribution < -0.4 is 5.32 Å². The maximum absolute atomic E-state index is 4.07. The van der Waals surface area contributed by atoms with Crippen LogP contribution in [0.5, 0.6) is 0 Å². The molecule has 3 rings (SSSR count). The molecule has 21 heavy (non-hydrogen) atoms. The predicted octanol–water partition coefficient (Wildman–Crippen LogP) is 2.50. The highest BCUT2D eigenvalue weighted by atomic mass is 15.2. The first-order valence-corrected chi connectivity index (χ1v) is 7.62. The van der Waals surface area contributed by atoms with Crippen molar-refractivity contribution in [3.63, 3.8) is 0 Å². The van der Waals surface area contributed by atoms with E-state index in [1.165, 1.54) is 31.5 Å². The van der Waals surface area contributed by atoms with Gasteiger partial charge in [-0.05, 0) is 44.1 Å². The Kier molecular flexibility index (Phi) is 4.58. The molecule has 1 aromatic heterocycles. The van der Waals surface area contributed by atoms with E-state index in [4.69, 9.17) is 0 Å². The second-order valence-electron chi connectivity index (χ2n) is 5.60. The van der Waals surface area contributed by atoms with E-state index in [1.807, 2.05) is 19.4 Å². The number of aromatic nitrogens is 2. The summed E-state index contributed by atoms with van der Waals surface area (Å²) in [4.78, 5) is 10.7. The number of hydrogen-bond acceptors (Lipinski definition) is 4. The lowest BCUT2D eigenvalue weighted by Gasteiger charge is -2.23. The number of nitrogens with one attached hydrogen (secondary N) is 1. The molecule has 2 aromatic rings. The molecule has 4 nitrogen and oxygen atoms in total. The van der Waals surface area contributed by atoms with Crippen LogP contribution >= 0.6 is 0 Å². The Hall–Kier alpha value is -1.78. The van der Waals surface area contributed by atoms with Gasteiger partial charge in [0.05, 0.1) is 0 Å². The van der Waals surface area contributed by atoms with E-state index in [2.05, 4.69) is 44.5 Å². The first kappa shape index (κ1) is 14.2. The van der Waals surface area contributed by atoms with Gasteiger partial charge in [-0.25, -0.2) is 9.97 Å². The number of likely N-dealkylation sites (tertiary alicyclic amines) is 1. The Morgan fingerprint density at radius 3 is 2.33 bits per heavy atom. The molecule has 1 atom stereocenters. The molecule has 0 bridgehead atoms. The standard InChI is InChI=1S/C17H22N4/c1-18-17(12-21-8-2-3-9-21)15-6-4-14(5-7-15)16-10-19-13-20-11-16/h4-7,10-11,13,17-18H,2-3,8-9,12H2,1H3. The van der Waals surface area contributed by atoms with Crippen molar-refractivity contribution < 1.29 is 0 Å². The van der Waals surface area contributed by atoms with Crippen LogP contribution in [0.1, 0.15) is 24.4 Å². The maximum Gasteiger partial charge on any atom is 0.115 e. The first-order chi connectivity index (χ1) is 10.4. The van der Waals surface area contributed by atoms with Crippen molar-refractivity contribution in [2.45, 2.75) is 18.9 Å². The van der Waals surface area contributed by atoms with Crippen molar-refractivity contribution in [1.29, 1.82) is 0 Å². The number of nitrogens with zero attached hydrogens (tertiary/aromatic N) is 3. The maximum atomic E-state index is 4.07. The number of likely N-dealkylation sites (N-methyl/N-ethyl adjacent to an activating group) is 1. The zero-order valence-electron chi connectivity index (χ0n) is 12.5. The summed E-state index contributed by atoms with van der Waals surface area (Å²) in [6.45, 7) is 3.56. The minimum atomic E-state index is 0.393. The molecular formula is C17H22N4. The Morgan fingerprint density at radius 1 is 1.05 bits per heavy atom. The summed E-state index contributed by atoms with van der Waals surface area (Å²) in [6, 6.07) is 9.12. The SMILES string of the molecule is CNC(CN1CCCC1)c1ccc(-c2cncnc2)cc1. The van der Waals surface area contributed by atoms with Crippen molar-refractivity contribution in [2.24, 2.45) is 0 Å². The molecule has 0 spiro atoms. The predicted molar refractivity (Wildman–Crippen MR) is 84.9 cm³/mol. The molecule has 1 aromatic carbocycles. The smallest absolute Gasteiger partial charge is 0.115 e. The third-order valence-corrected chi connectivity index (χ3v) is 4.19. The molecule has 0 amide bonds. The molecule has 1 saturated heterocycles. The fourth-order valence-electron chi connectivity index (χ4n) is 2.94. The molecule has 1 N–H and O–H groups in total.